The Labute approximate surface area is 86.9 Å². The highest BCUT2D eigenvalue weighted by Gasteiger charge is 2.18. The molecule has 1 amide bonds. The molecule has 82 valence electrons. The van der Waals surface area contributed by atoms with Crippen LogP contribution in [-0.2, 0) is 4.79 Å². The van der Waals surface area contributed by atoms with Crippen LogP contribution < -0.4 is 5.32 Å². The van der Waals surface area contributed by atoms with Gasteiger partial charge >= 0.3 is 0 Å². The average Bonchev–Trinajstić information content (AvgIpc) is 2.28. The lowest BCUT2D eigenvalue weighted by Crippen LogP contribution is -2.35. The van der Waals surface area contributed by atoms with E-state index in [9.17, 15) is 4.79 Å². The number of nitrogens with one attached hydrogen (secondary N) is 1. The van der Waals surface area contributed by atoms with Crippen LogP contribution in [0, 0.1) is 0 Å². The lowest BCUT2D eigenvalue weighted by atomic mass is 10.1. The van der Waals surface area contributed by atoms with Gasteiger partial charge in [0.1, 0.15) is 0 Å². The molecule has 1 unspecified atom stereocenters. The number of carbonyl (C=O) groups is 1. The summed E-state index contributed by atoms with van der Waals surface area (Å²) < 4.78 is 0. The van der Waals surface area contributed by atoms with Crippen molar-refractivity contribution in [1.29, 1.82) is 0 Å². The van der Waals surface area contributed by atoms with Crippen molar-refractivity contribution in [2.24, 2.45) is 0 Å². The fourth-order valence-electron chi connectivity index (χ4n) is 2.07. The molecule has 0 aromatic carbocycles. The first-order chi connectivity index (χ1) is 6.59. The van der Waals surface area contributed by atoms with Crippen molar-refractivity contribution >= 4 is 5.91 Å². The Kier molecular flexibility index (Phi) is 4.39. The molecule has 1 aliphatic heterocycles. The van der Waals surface area contributed by atoms with Gasteiger partial charge in [-0.25, -0.2) is 0 Å². The zero-order valence-corrected chi connectivity index (χ0v) is 9.55. The van der Waals surface area contributed by atoms with Crippen molar-refractivity contribution in [2.75, 3.05) is 13.1 Å². The predicted octanol–water partition coefficient (Wildman–Crippen LogP) is 1.39. The van der Waals surface area contributed by atoms with Gasteiger partial charge in [-0.1, -0.05) is 0 Å². The van der Waals surface area contributed by atoms with Crippen LogP contribution in [0.25, 0.3) is 0 Å². The fourth-order valence-corrected chi connectivity index (χ4v) is 2.07. The van der Waals surface area contributed by atoms with Gasteiger partial charge in [0.05, 0.1) is 0 Å². The molecular weight excluding hydrogens is 176 g/mol. The average molecular weight is 198 g/mol. The first kappa shape index (κ1) is 11.5. The van der Waals surface area contributed by atoms with Gasteiger partial charge in [-0.05, 0) is 39.7 Å². The van der Waals surface area contributed by atoms with Gasteiger partial charge in [-0.3, -0.25) is 4.79 Å². The minimum Gasteiger partial charge on any atom is -0.354 e. The van der Waals surface area contributed by atoms with Crippen LogP contribution in [0.1, 0.15) is 40.0 Å². The van der Waals surface area contributed by atoms with E-state index < -0.39 is 0 Å². The fraction of sp³-hybridized carbons (Fsp3) is 0.909. The van der Waals surface area contributed by atoms with Gasteiger partial charge in [0.25, 0.3) is 0 Å². The maximum Gasteiger partial charge on any atom is 0.217 e. The van der Waals surface area contributed by atoms with Gasteiger partial charge in [-0.2, -0.15) is 0 Å². The van der Waals surface area contributed by atoms with E-state index in [0.29, 0.717) is 12.1 Å². The Balaban J connectivity index is 2.36. The highest BCUT2D eigenvalue weighted by molar-refractivity contribution is 5.73. The predicted molar refractivity (Wildman–Crippen MR) is 58.2 cm³/mol. The van der Waals surface area contributed by atoms with Crippen LogP contribution >= 0.6 is 0 Å². The van der Waals surface area contributed by atoms with E-state index >= 15 is 0 Å². The Morgan fingerprint density at radius 2 is 2.07 bits per heavy atom. The van der Waals surface area contributed by atoms with Gasteiger partial charge in [-0.15, -0.1) is 0 Å². The summed E-state index contributed by atoms with van der Waals surface area (Å²) >= 11 is 0. The Bertz CT molecular complexity index is 192. The second-order valence-electron chi connectivity index (χ2n) is 4.46. The van der Waals surface area contributed by atoms with Crippen molar-refractivity contribution in [3.8, 4) is 0 Å². The maximum absolute atomic E-state index is 10.9. The molecule has 3 heteroatoms. The molecule has 0 saturated carbocycles. The van der Waals surface area contributed by atoms with Crippen LogP contribution in [-0.4, -0.2) is 36.0 Å². The van der Waals surface area contributed by atoms with Crippen LogP contribution in [0.5, 0.6) is 0 Å². The molecule has 1 N–H and O–H groups in total. The highest BCUT2D eigenvalue weighted by atomic mass is 16.1. The summed E-state index contributed by atoms with van der Waals surface area (Å²) in [5.74, 6) is 0.105. The van der Waals surface area contributed by atoms with E-state index in [1.807, 2.05) is 0 Å². The molecule has 14 heavy (non-hydrogen) atoms. The summed E-state index contributed by atoms with van der Waals surface area (Å²) in [4.78, 5) is 13.4. The molecule has 0 bridgehead atoms. The van der Waals surface area contributed by atoms with E-state index in [2.05, 4.69) is 24.1 Å². The summed E-state index contributed by atoms with van der Waals surface area (Å²) in [5, 5.41) is 3.02. The van der Waals surface area contributed by atoms with Crippen molar-refractivity contribution < 1.29 is 4.79 Å². The van der Waals surface area contributed by atoms with Crippen molar-refractivity contribution in [3.63, 3.8) is 0 Å². The third-order valence-corrected chi connectivity index (χ3v) is 2.90. The molecule has 1 atom stereocenters. The van der Waals surface area contributed by atoms with Crippen LogP contribution in [0.3, 0.4) is 0 Å². The van der Waals surface area contributed by atoms with Gasteiger partial charge in [0, 0.05) is 25.6 Å². The van der Waals surface area contributed by atoms with Crippen molar-refractivity contribution in [2.45, 2.75) is 52.1 Å². The summed E-state index contributed by atoms with van der Waals surface area (Å²) in [5.41, 5.74) is 0. The second kappa shape index (κ2) is 5.35. The van der Waals surface area contributed by atoms with Crippen molar-refractivity contribution in [1.82, 2.24) is 10.2 Å². The number of carbonyl (C=O) groups excluding carboxylic acids is 1. The quantitative estimate of drug-likeness (QED) is 0.727. The Morgan fingerprint density at radius 3 is 2.64 bits per heavy atom. The third-order valence-electron chi connectivity index (χ3n) is 2.90. The van der Waals surface area contributed by atoms with Gasteiger partial charge in [0.15, 0.2) is 0 Å². The number of likely N-dealkylation sites (tertiary alicyclic amines) is 1. The molecule has 1 heterocycles. The van der Waals surface area contributed by atoms with E-state index in [-0.39, 0.29) is 5.91 Å². The normalized spacial score (nSPS) is 24.7. The number of hydrogen-bond donors (Lipinski definition) is 1. The number of rotatable bonds is 2. The van der Waals surface area contributed by atoms with Crippen LogP contribution in [0.15, 0.2) is 0 Å². The number of hydrogen-bond acceptors (Lipinski definition) is 2. The Morgan fingerprint density at radius 1 is 1.36 bits per heavy atom. The van der Waals surface area contributed by atoms with Crippen molar-refractivity contribution in [3.05, 3.63) is 0 Å². The van der Waals surface area contributed by atoms with Crippen LogP contribution in [0.2, 0.25) is 0 Å². The van der Waals surface area contributed by atoms with E-state index in [0.717, 1.165) is 19.4 Å². The first-order valence-corrected chi connectivity index (χ1v) is 5.60. The topological polar surface area (TPSA) is 32.3 Å². The van der Waals surface area contributed by atoms with E-state index in [4.69, 9.17) is 0 Å². The molecule has 0 aromatic heterocycles. The first-order valence-electron chi connectivity index (χ1n) is 5.60. The third kappa shape index (κ3) is 3.66. The maximum atomic E-state index is 10.9. The molecule has 1 rings (SSSR count). The lowest BCUT2D eigenvalue weighted by molar-refractivity contribution is -0.119. The summed E-state index contributed by atoms with van der Waals surface area (Å²) in [6.45, 7) is 8.36. The molecule has 1 aliphatic rings. The summed E-state index contributed by atoms with van der Waals surface area (Å²) in [6.07, 6.45) is 3.42. The molecule has 1 fully saturated rings. The largest absolute Gasteiger partial charge is 0.354 e. The highest BCUT2D eigenvalue weighted by Crippen LogP contribution is 2.13. The molecule has 3 nitrogen and oxygen atoms in total. The van der Waals surface area contributed by atoms with Gasteiger partial charge in [0.2, 0.25) is 5.91 Å². The van der Waals surface area contributed by atoms with Gasteiger partial charge < -0.3 is 10.2 Å². The molecule has 0 spiro atoms. The minimum atomic E-state index is 0.105. The van der Waals surface area contributed by atoms with E-state index in [1.54, 1.807) is 6.92 Å². The molecule has 1 saturated heterocycles. The minimum absolute atomic E-state index is 0.105. The monoisotopic (exact) mass is 198 g/mol. The molecule has 0 aliphatic carbocycles. The molecular formula is C11H22N2O. The summed E-state index contributed by atoms with van der Waals surface area (Å²) in [7, 11) is 0. The lowest BCUT2D eigenvalue weighted by Gasteiger charge is -2.24. The molecule has 0 radical (unpaired) electrons. The SMILES string of the molecule is CC(=O)NC1CCCN(C(C)C)CC1. The standard InChI is InChI=1S/C11H22N2O/c1-9(2)13-7-4-5-11(6-8-13)12-10(3)14/h9,11H,4-8H2,1-3H3,(H,12,14). The zero-order valence-electron chi connectivity index (χ0n) is 9.55. The number of amides is 1. The van der Waals surface area contributed by atoms with E-state index in [1.165, 1.54) is 13.0 Å². The van der Waals surface area contributed by atoms with Crippen LogP contribution in [0.4, 0.5) is 0 Å². The number of nitrogens with zero attached hydrogens (tertiary/aromatic N) is 1. The summed E-state index contributed by atoms with van der Waals surface area (Å²) in [6, 6.07) is 1.03. The zero-order chi connectivity index (χ0) is 10.6. The second-order valence-corrected chi connectivity index (χ2v) is 4.46. The smallest absolute Gasteiger partial charge is 0.217 e. The Hall–Kier alpha value is -0.570. The molecule has 0 aromatic rings.